The number of hydrogen-bond acceptors (Lipinski definition) is 11. The number of rotatable bonds is 12. The predicted octanol–water partition coefficient (Wildman–Crippen LogP) is 2.46. The Morgan fingerprint density at radius 1 is 1.07 bits per heavy atom. The van der Waals surface area contributed by atoms with E-state index in [2.05, 4.69) is 15.3 Å². The second-order valence-corrected chi connectivity index (χ2v) is 10.2. The number of methoxy groups -OCH3 is 3. The zero-order valence-corrected chi connectivity index (χ0v) is 25.1. The summed E-state index contributed by atoms with van der Waals surface area (Å²) in [4.78, 5) is 39.2. The lowest BCUT2D eigenvalue weighted by Gasteiger charge is -2.15. The number of carbonyl (C=O) groups is 1. The molecule has 2 aromatic carbocycles. The Morgan fingerprint density at radius 3 is 2.60 bits per heavy atom. The van der Waals surface area contributed by atoms with Crippen LogP contribution in [0, 0.1) is 6.92 Å². The monoisotopic (exact) mass is 619 g/mol. The minimum absolute atomic E-state index is 0.0701. The van der Waals surface area contributed by atoms with E-state index in [4.69, 9.17) is 23.7 Å². The molecule has 0 amide bonds. The number of ether oxygens (including phenoxy) is 5. The lowest BCUT2D eigenvalue weighted by atomic mass is 10.1. The van der Waals surface area contributed by atoms with Crippen LogP contribution in [-0.2, 0) is 11.3 Å². The number of benzene rings is 2. The lowest BCUT2D eigenvalue weighted by molar-refractivity contribution is -0.0323. The van der Waals surface area contributed by atoms with Gasteiger partial charge in [-0.25, -0.2) is 9.48 Å². The van der Waals surface area contributed by atoms with Gasteiger partial charge < -0.3 is 28.8 Å². The maximum Gasteiger partial charge on any atom is 0.330 e. The Hall–Kier alpha value is -5.21. The molecule has 1 saturated heterocycles. The molecule has 1 fully saturated rings. The molecule has 1 aliphatic heterocycles. The molecule has 45 heavy (non-hydrogen) atoms. The smallest absolute Gasteiger partial charge is 0.330 e. The molecule has 2 aromatic heterocycles. The van der Waals surface area contributed by atoms with E-state index in [1.54, 1.807) is 67.4 Å². The highest BCUT2D eigenvalue weighted by atomic mass is 16.5. The largest absolute Gasteiger partial charge is 0.497 e. The zero-order valence-electron chi connectivity index (χ0n) is 25.1. The fourth-order valence-electron chi connectivity index (χ4n) is 4.99. The van der Waals surface area contributed by atoms with E-state index in [9.17, 15) is 19.5 Å². The van der Waals surface area contributed by atoms with Crippen molar-refractivity contribution in [2.24, 2.45) is 0 Å². The van der Waals surface area contributed by atoms with Crippen molar-refractivity contribution in [1.82, 2.24) is 24.5 Å². The van der Waals surface area contributed by atoms with Crippen molar-refractivity contribution in [2.75, 3.05) is 27.9 Å². The first-order chi connectivity index (χ1) is 21.7. The number of aliphatic hydroxyl groups is 1. The number of aryl methyl sites for hydroxylation is 1. The molecule has 14 nitrogen and oxygen atoms in total. The average molecular weight is 620 g/mol. The number of hydrogen-bond donors (Lipinski definition) is 2. The highest BCUT2D eigenvalue weighted by Gasteiger charge is 2.38. The highest BCUT2D eigenvalue weighted by Crippen LogP contribution is 2.36. The van der Waals surface area contributed by atoms with Gasteiger partial charge in [-0.1, -0.05) is 17.4 Å². The molecular weight excluding hydrogens is 586 g/mol. The molecular formula is C31H33N5O9. The molecule has 0 unspecified atom stereocenters. The fraction of sp³-hybridized carbons (Fsp3) is 0.323. The van der Waals surface area contributed by atoms with Crippen molar-refractivity contribution in [2.45, 2.75) is 38.3 Å². The van der Waals surface area contributed by atoms with E-state index in [1.807, 2.05) is 0 Å². The third-order valence-corrected chi connectivity index (χ3v) is 7.40. The quantitative estimate of drug-likeness (QED) is 0.176. The maximum atomic E-state index is 12.8. The van der Waals surface area contributed by atoms with Gasteiger partial charge in [-0.05, 0) is 42.8 Å². The Kier molecular flexibility index (Phi) is 9.45. The summed E-state index contributed by atoms with van der Waals surface area (Å²) in [5.74, 6) is 1.67. The van der Waals surface area contributed by atoms with Crippen molar-refractivity contribution in [3.05, 3.63) is 98.1 Å². The third-order valence-electron chi connectivity index (χ3n) is 7.40. The minimum atomic E-state index is -0.704. The van der Waals surface area contributed by atoms with Gasteiger partial charge in [0.25, 0.3) is 5.56 Å². The molecule has 1 aliphatic rings. The number of carbonyl (C=O) groups excluding carboxylic acids is 1. The number of nitrogens with one attached hydrogen (secondary N) is 1. The van der Waals surface area contributed by atoms with Crippen LogP contribution in [0.5, 0.6) is 23.0 Å². The number of nitrogens with zero attached hydrogens (tertiary/aromatic N) is 4. The highest BCUT2D eigenvalue weighted by molar-refractivity contribution is 6.08. The van der Waals surface area contributed by atoms with Crippen molar-refractivity contribution >= 4 is 11.9 Å². The van der Waals surface area contributed by atoms with Gasteiger partial charge in [-0.2, -0.15) is 0 Å². The van der Waals surface area contributed by atoms with Crippen molar-refractivity contribution in [1.29, 1.82) is 0 Å². The number of aromatic amines is 1. The van der Waals surface area contributed by atoms with Crippen LogP contribution < -0.4 is 30.2 Å². The van der Waals surface area contributed by atoms with Gasteiger partial charge in [0, 0.05) is 24.2 Å². The molecule has 236 valence electrons. The van der Waals surface area contributed by atoms with Crippen LogP contribution in [0.4, 0.5) is 0 Å². The second kappa shape index (κ2) is 13.6. The zero-order chi connectivity index (χ0) is 32.1. The molecule has 0 radical (unpaired) electrons. The Labute approximate surface area is 257 Å². The predicted molar refractivity (Wildman–Crippen MR) is 161 cm³/mol. The van der Waals surface area contributed by atoms with Gasteiger partial charge in [-0.3, -0.25) is 19.1 Å². The number of aromatic nitrogens is 5. The molecule has 5 rings (SSSR count). The van der Waals surface area contributed by atoms with E-state index >= 15 is 0 Å². The van der Waals surface area contributed by atoms with Crippen LogP contribution in [0.1, 0.15) is 45.9 Å². The number of allylic oxidation sites excluding steroid dienone is 1. The fourth-order valence-corrected chi connectivity index (χ4v) is 4.99. The third kappa shape index (κ3) is 6.81. The van der Waals surface area contributed by atoms with Crippen molar-refractivity contribution < 1.29 is 33.6 Å². The molecule has 0 aliphatic carbocycles. The normalized spacial score (nSPS) is 17.8. The summed E-state index contributed by atoms with van der Waals surface area (Å²) >= 11 is 0. The summed E-state index contributed by atoms with van der Waals surface area (Å²) in [7, 11) is 4.54. The lowest BCUT2D eigenvalue weighted by Crippen LogP contribution is -2.33. The molecule has 3 heterocycles. The van der Waals surface area contributed by atoms with Gasteiger partial charge in [0.05, 0.1) is 45.7 Å². The van der Waals surface area contributed by atoms with Crippen molar-refractivity contribution in [3.63, 3.8) is 0 Å². The van der Waals surface area contributed by atoms with Gasteiger partial charge in [0.2, 0.25) is 0 Å². The first kappa shape index (κ1) is 31.2. The molecule has 3 atom stereocenters. The van der Waals surface area contributed by atoms with Gasteiger partial charge in [0.1, 0.15) is 36.1 Å². The molecule has 0 bridgehead atoms. The summed E-state index contributed by atoms with van der Waals surface area (Å²) in [6.45, 7) is 1.36. The standard InChI is InChI=1S/C31H33N5O9/c1-18-14-35(31(40)32-30(18)39)29-13-23(28(16-37)45-29)36-15-20(33-34-36)17-44-25-10-6-19(11-27(25)43-4)5-9-24(38)22-8-7-21(41-2)12-26(22)42-3/h5-12,14-15,23,28-29,37H,13,16-17H2,1-4H3,(H,32,39,40)/b9-5+/t23-,28+,29+/m0/s1. The number of aliphatic hydroxyl groups excluding tert-OH is 1. The molecule has 4 aromatic rings. The average Bonchev–Trinajstić information content (AvgIpc) is 3.71. The van der Waals surface area contributed by atoms with Crippen LogP contribution >= 0.6 is 0 Å². The van der Waals surface area contributed by atoms with E-state index in [1.165, 1.54) is 31.1 Å². The molecule has 0 spiro atoms. The van der Waals surface area contributed by atoms with E-state index in [0.717, 1.165) is 0 Å². The van der Waals surface area contributed by atoms with Gasteiger partial charge >= 0.3 is 5.69 Å². The first-order valence-corrected chi connectivity index (χ1v) is 14.0. The van der Waals surface area contributed by atoms with E-state index in [0.29, 0.717) is 51.8 Å². The summed E-state index contributed by atoms with van der Waals surface area (Å²) < 4.78 is 30.8. The molecule has 2 N–H and O–H groups in total. The van der Waals surface area contributed by atoms with Gasteiger partial charge in [-0.15, -0.1) is 5.10 Å². The number of H-pyrrole nitrogens is 1. The van der Waals surface area contributed by atoms with Crippen LogP contribution in [-0.4, -0.2) is 69.5 Å². The minimum Gasteiger partial charge on any atom is -0.497 e. The van der Waals surface area contributed by atoms with E-state index in [-0.39, 0.29) is 19.0 Å². The summed E-state index contributed by atoms with van der Waals surface area (Å²) in [5.41, 5.74) is 0.935. The maximum absolute atomic E-state index is 12.8. The Balaban J connectivity index is 1.24. The summed E-state index contributed by atoms with van der Waals surface area (Å²) in [6.07, 6.45) is 5.20. The van der Waals surface area contributed by atoms with Crippen LogP contribution in [0.3, 0.4) is 0 Å². The summed E-state index contributed by atoms with van der Waals surface area (Å²) in [6, 6.07) is 9.82. The second-order valence-electron chi connectivity index (χ2n) is 10.2. The van der Waals surface area contributed by atoms with E-state index < -0.39 is 29.6 Å². The first-order valence-electron chi connectivity index (χ1n) is 14.0. The number of ketones is 1. The van der Waals surface area contributed by atoms with Crippen LogP contribution in [0.2, 0.25) is 0 Å². The topological polar surface area (TPSA) is 169 Å². The van der Waals surface area contributed by atoms with Crippen LogP contribution in [0.25, 0.3) is 6.08 Å². The van der Waals surface area contributed by atoms with Crippen LogP contribution in [0.15, 0.2) is 64.5 Å². The summed E-state index contributed by atoms with van der Waals surface area (Å²) in [5, 5.41) is 18.3. The molecule has 14 heteroatoms. The molecule has 0 saturated carbocycles. The van der Waals surface area contributed by atoms with Gasteiger partial charge in [0.15, 0.2) is 17.3 Å². The SMILES string of the molecule is COc1ccc(C(=O)/C=C/c2ccc(OCc3cn([C@H]4C[C@H](n5cc(C)c(=O)[nH]c5=O)O[C@@H]4CO)nn3)c(OC)c2)c(OC)c1. The Bertz CT molecular complexity index is 1830. The van der Waals surface area contributed by atoms with Crippen molar-refractivity contribution in [3.8, 4) is 23.0 Å². The Morgan fingerprint density at radius 2 is 1.87 bits per heavy atom.